The molecule has 0 heterocycles. The summed E-state index contributed by atoms with van der Waals surface area (Å²) >= 11 is 0. The molecule has 2 heteroatoms. The van der Waals surface area contributed by atoms with E-state index in [1.165, 1.54) is 0 Å². The van der Waals surface area contributed by atoms with Gasteiger partial charge in [-0.2, -0.15) is 0 Å². The topological polar surface area (TPSA) is 21.3 Å². The predicted octanol–water partition coefficient (Wildman–Crippen LogP) is 2.36. The van der Waals surface area contributed by atoms with Gasteiger partial charge in [-0.05, 0) is 40.2 Å². The molecule has 0 aliphatic rings. The first-order valence-corrected chi connectivity index (χ1v) is 5.08. The summed E-state index contributed by atoms with van der Waals surface area (Å²) in [4.78, 5) is 0. The second-order valence-corrected chi connectivity index (χ2v) is 3.80. The Labute approximate surface area is 82.4 Å². The maximum absolute atomic E-state index is 5.55. The average Bonchev–Trinajstić information content (AvgIpc) is 2.04. The summed E-state index contributed by atoms with van der Waals surface area (Å²) in [6, 6.07) is 0. The molecule has 0 bridgehead atoms. The molecule has 0 fully saturated rings. The van der Waals surface area contributed by atoms with E-state index in [0.29, 0.717) is 0 Å². The Morgan fingerprint density at radius 1 is 1.46 bits per heavy atom. The van der Waals surface area contributed by atoms with Gasteiger partial charge in [0.05, 0.1) is 5.60 Å². The van der Waals surface area contributed by atoms with Crippen LogP contribution in [-0.4, -0.2) is 25.3 Å². The van der Waals surface area contributed by atoms with Gasteiger partial charge in [0, 0.05) is 13.2 Å². The molecule has 0 saturated heterocycles. The van der Waals surface area contributed by atoms with Gasteiger partial charge in [-0.3, -0.25) is 0 Å². The summed E-state index contributed by atoms with van der Waals surface area (Å²) in [5.74, 6) is 0. The minimum atomic E-state index is -0.0388. The SMILES string of the molecule is C=CCCCNCC(C)(C)OCC. The van der Waals surface area contributed by atoms with E-state index in [2.05, 4.69) is 25.7 Å². The molecule has 0 aliphatic heterocycles. The highest BCUT2D eigenvalue weighted by molar-refractivity contribution is 4.72. The minimum Gasteiger partial charge on any atom is -0.375 e. The molecule has 0 amide bonds. The Morgan fingerprint density at radius 2 is 2.15 bits per heavy atom. The highest BCUT2D eigenvalue weighted by Gasteiger charge is 2.15. The molecule has 0 saturated carbocycles. The van der Waals surface area contributed by atoms with Crippen molar-refractivity contribution < 1.29 is 4.74 Å². The molecule has 78 valence electrons. The fourth-order valence-electron chi connectivity index (χ4n) is 1.20. The van der Waals surface area contributed by atoms with Gasteiger partial charge in [0.2, 0.25) is 0 Å². The van der Waals surface area contributed by atoms with E-state index in [-0.39, 0.29) is 5.60 Å². The van der Waals surface area contributed by atoms with E-state index in [1.807, 2.05) is 13.0 Å². The molecule has 0 aliphatic carbocycles. The van der Waals surface area contributed by atoms with Gasteiger partial charge < -0.3 is 10.1 Å². The quantitative estimate of drug-likeness (QED) is 0.463. The maximum Gasteiger partial charge on any atom is 0.0750 e. The van der Waals surface area contributed by atoms with Crippen LogP contribution in [0.15, 0.2) is 12.7 Å². The van der Waals surface area contributed by atoms with Gasteiger partial charge >= 0.3 is 0 Å². The van der Waals surface area contributed by atoms with Crippen molar-refractivity contribution in [3.8, 4) is 0 Å². The monoisotopic (exact) mass is 185 g/mol. The third kappa shape index (κ3) is 8.00. The lowest BCUT2D eigenvalue weighted by Gasteiger charge is -2.24. The Bertz CT molecular complexity index is 132. The van der Waals surface area contributed by atoms with Crippen molar-refractivity contribution in [2.75, 3.05) is 19.7 Å². The van der Waals surface area contributed by atoms with Crippen molar-refractivity contribution in [3.05, 3.63) is 12.7 Å². The zero-order valence-corrected chi connectivity index (χ0v) is 9.23. The molecule has 0 rings (SSSR count). The van der Waals surface area contributed by atoms with Crippen molar-refractivity contribution in [2.24, 2.45) is 0 Å². The molecule has 0 atom stereocenters. The van der Waals surface area contributed by atoms with Gasteiger partial charge in [0.1, 0.15) is 0 Å². The lowest BCUT2D eigenvalue weighted by atomic mass is 10.1. The first kappa shape index (κ1) is 12.7. The second-order valence-electron chi connectivity index (χ2n) is 3.80. The van der Waals surface area contributed by atoms with E-state index >= 15 is 0 Å². The van der Waals surface area contributed by atoms with Gasteiger partial charge in [-0.1, -0.05) is 6.08 Å². The molecule has 0 unspecified atom stereocenters. The van der Waals surface area contributed by atoms with Crippen molar-refractivity contribution in [1.29, 1.82) is 0 Å². The molecule has 0 aromatic heterocycles. The van der Waals surface area contributed by atoms with Crippen LogP contribution in [0.25, 0.3) is 0 Å². The van der Waals surface area contributed by atoms with Crippen LogP contribution in [-0.2, 0) is 4.74 Å². The maximum atomic E-state index is 5.55. The Kier molecular flexibility index (Phi) is 6.92. The number of ether oxygens (including phenoxy) is 1. The van der Waals surface area contributed by atoms with Crippen molar-refractivity contribution in [2.45, 2.75) is 39.2 Å². The molecule has 0 aromatic carbocycles. The summed E-state index contributed by atoms with van der Waals surface area (Å²) in [7, 11) is 0. The summed E-state index contributed by atoms with van der Waals surface area (Å²) < 4.78 is 5.55. The van der Waals surface area contributed by atoms with Crippen LogP contribution >= 0.6 is 0 Å². The van der Waals surface area contributed by atoms with E-state index in [1.54, 1.807) is 0 Å². The van der Waals surface area contributed by atoms with E-state index in [4.69, 9.17) is 4.74 Å². The molecule has 2 nitrogen and oxygen atoms in total. The molecule has 0 aromatic rings. The van der Waals surface area contributed by atoms with Gasteiger partial charge in [0.25, 0.3) is 0 Å². The van der Waals surface area contributed by atoms with Crippen molar-refractivity contribution >= 4 is 0 Å². The summed E-state index contributed by atoms with van der Waals surface area (Å²) in [5.41, 5.74) is -0.0388. The number of hydrogen-bond acceptors (Lipinski definition) is 2. The second kappa shape index (κ2) is 7.10. The van der Waals surface area contributed by atoms with Crippen LogP contribution in [0.2, 0.25) is 0 Å². The third-order valence-corrected chi connectivity index (χ3v) is 1.85. The van der Waals surface area contributed by atoms with Crippen molar-refractivity contribution in [3.63, 3.8) is 0 Å². The van der Waals surface area contributed by atoms with Crippen LogP contribution in [0.3, 0.4) is 0 Å². The predicted molar refractivity (Wildman–Crippen MR) is 58.0 cm³/mol. The van der Waals surface area contributed by atoms with E-state index in [0.717, 1.165) is 32.5 Å². The van der Waals surface area contributed by atoms with Crippen molar-refractivity contribution in [1.82, 2.24) is 5.32 Å². The normalized spacial score (nSPS) is 11.6. The van der Waals surface area contributed by atoms with Gasteiger partial charge in [0.15, 0.2) is 0 Å². The number of unbranched alkanes of at least 4 members (excludes halogenated alkanes) is 1. The zero-order valence-electron chi connectivity index (χ0n) is 9.23. The Morgan fingerprint density at radius 3 is 2.69 bits per heavy atom. The standard InChI is InChI=1S/C11H23NO/c1-5-7-8-9-12-10-11(3,4)13-6-2/h5,12H,1,6-10H2,2-4H3. The smallest absolute Gasteiger partial charge is 0.0750 e. The lowest BCUT2D eigenvalue weighted by molar-refractivity contribution is -0.00864. The summed E-state index contributed by atoms with van der Waals surface area (Å²) in [5, 5.41) is 3.37. The molecular weight excluding hydrogens is 162 g/mol. The van der Waals surface area contributed by atoms with Crippen LogP contribution in [0.5, 0.6) is 0 Å². The third-order valence-electron chi connectivity index (χ3n) is 1.85. The number of nitrogens with one attached hydrogen (secondary N) is 1. The fourth-order valence-corrected chi connectivity index (χ4v) is 1.20. The largest absolute Gasteiger partial charge is 0.375 e. The fraction of sp³-hybridized carbons (Fsp3) is 0.818. The highest BCUT2D eigenvalue weighted by Crippen LogP contribution is 2.06. The molecule has 1 N–H and O–H groups in total. The Hall–Kier alpha value is -0.340. The van der Waals surface area contributed by atoms with Crippen LogP contribution in [0, 0.1) is 0 Å². The Balaban J connectivity index is 3.34. The summed E-state index contributed by atoms with van der Waals surface area (Å²) in [6.45, 7) is 12.7. The first-order valence-electron chi connectivity index (χ1n) is 5.08. The number of rotatable bonds is 8. The minimum absolute atomic E-state index is 0.0388. The molecule has 0 spiro atoms. The summed E-state index contributed by atoms with van der Waals surface area (Å²) in [6.07, 6.45) is 4.20. The van der Waals surface area contributed by atoms with Gasteiger partial charge in [-0.25, -0.2) is 0 Å². The van der Waals surface area contributed by atoms with Gasteiger partial charge in [-0.15, -0.1) is 6.58 Å². The van der Waals surface area contributed by atoms with E-state index in [9.17, 15) is 0 Å². The zero-order chi connectivity index (χ0) is 10.2. The molecule has 0 radical (unpaired) electrons. The van der Waals surface area contributed by atoms with Crippen LogP contribution in [0.4, 0.5) is 0 Å². The lowest BCUT2D eigenvalue weighted by Crippen LogP contribution is -2.38. The van der Waals surface area contributed by atoms with Crippen LogP contribution < -0.4 is 5.32 Å². The first-order chi connectivity index (χ1) is 6.12. The molecule has 13 heavy (non-hydrogen) atoms. The molecular formula is C11H23NO. The highest BCUT2D eigenvalue weighted by atomic mass is 16.5. The van der Waals surface area contributed by atoms with Crippen LogP contribution in [0.1, 0.15) is 33.6 Å². The van der Waals surface area contributed by atoms with E-state index < -0.39 is 0 Å². The average molecular weight is 185 g/mol. The number of allylic oxidation sites excluding steroid dienone is 1. The number of hydrogen-bond donors (Lipinski definition) is 1.